The summed E-state index contributed by atoms with van der Waals surface area (Å²) in [7, 11) is 1.45. The van der Waals surface area contributed by atoms with E-state index < -0.39 is 0 Å². The third-order valence-electron chi connectivity index (χ3n) is 2.27. The van der Waals surface area contributed by atoms with Crippen LogP contribution < -0.4 is 4.74 Å². The van der Waals surface area contributed by atoms with Crippen molar-refractivity contribution in [3.05, 3.63) is 43.9 Å². The molecule has 2 aromatic rings. The van der Waals surface area contributed by atoms with Crippen LogP contribution in [0.1, 0.15) is 5.56 Å². The number of rotatable bonds is 3. The van der Waals surface area contributed by atoms with Crippen LogP contribution in [0.2, 0.25) is 0 Å². The Morgan fingerprint density at radius 1 is 1.53 bits per heavy atom. The standard InChI is InChI=1S/C11H9BrFIN2O/c1-17-9-4-2-3-7(10(9)13)5-16-6-8(12)11(14)15-16/h2-4,6H,5H2,1H3. The molecule has 0 saturated heterocycles. The highest BCUT2D eigenvalue weighted by Crippen LogP contribution is 2.22. The molecule has 0 amide bonds. The van der Waals surface area contributed by atoms with Gasteiger partial charge in [-0.3, -0.25) is 4.68 Å². The molecule has 90 valence electrons. The van der Waals surface area contributed by atoms with Gasteiger partial charge in [0.05, 0.1) is 18.1 Å². The van der Waals surface area contributed by atoms with Crippen molar-refractivity contribution in [2.45, 2.75) is 6.54 Å². The molecule has 0 aliphatic carbocycles. The van der Waals surface area contributed by atoms with Gasteiger partial charge in [-0.05, 0) is 44.6 Å². The van der Waals surface area contributed by atoms with Crippen molar-refractivity contribution in [1.29, 1.82) is 0 Å². The Kier molecular flexibility index (Phi) is 4.03. The number of ether oxygens (including phenoxy) is 1. The number of nitrogens with zero attached hydrogens (tertiary/aromatic N) is 2. The lowest BCUT2D eigenvalue weighted by Gasteiger charge is -2.07. The molecule has 0 aliphatic rings. The molecule has 3 nitrogen and oxygen atoms in total. The van der Waals surface area contributed by atoms with Gasteiger partial charge in [0.1, 0.15) is 3.70 Å². The summed E-state index contributed by atoms with van der Waals surface area (Å²) in [6, 6.07) is 5.09. The summed E-state index contributed by atoms with van der Waals surface area (Å²) >= 11 is 5.48. The second-order valence-corrected chi connectivity index (χ2v) is 5.27. The fourth-order valence-electron chi connectivity index (χ4n) is 1.47. The minimum atomic E-state index is -0.336. The SMILES string of the molecule is COc1cccc(Cn2cc(Br)c(I)n2)c1F. The van der Waals surface area contributed by atoms with Crippen molar-refractivity contribution in [2.24, 2.45) is 0 Å². The summed E-state index contributed by atoms with van der Waals surface area (Å²) in [4.78, 5) is 0. The molecule has 2 rings (SSSR count). The first-order chi connectivity index (χ1) is 8.11. The molecule has 0 radical (unpaired) electrons. The topological polar surface area (TPSA) is 27.1 Å². The van der Waals surface area contributed by atoms with Crippen LogP contribution in [-0.2, 0) is 6.54 Å². The summed E-state index contributed by atoms with van der Waals surface area (Å²) in [6.07, 6.45) is 1.82. The number of benzene rings is 1. The molecule has 0 spiro atoms. The monoisotopic (exact) mass is 410 g/mol. The van der Waals surface area contributed by atoms with E-state index in [2.05, 4.69) is 43.6 Å². The average Bonchev–Trinajstić information content (AvgIpc) is 2.61. The first-order valence-corrected chi connectivity index (χ1v) is 6.69. The van der Waals surface area contributed by atoms with Crippen LogP contribution in [0.4, 0.5) is 4.39 Å². The van der Waals surface area contributed by atoms with Gasteiger partial charge in [0.2, 0.25) is 0 Å². The Bertz CT molecular complexity index is 525. The van der Waals surface area contributed by atoms with Gasteiger partial charge in [-0.2, -0.15) is 5.10 Å². The predicted octanol–water partition coefficient (Wildman–Crippen LogP) is 3.45. The molecule has 0 atom stereocenters. The van der Waals surface area contributed by atoms with Crippen LogP contribution in [0.15, 0.2) is 28.9 Å². The molecule has 0 bridgehead atoms. The molecular formula is C11H9BrFIN2O. The van der Waals surface area contributed by atoms with Gasteiger partial charge in [-0.25, -0.2) is 4.39 Å². The van der Waals surface area contributed by atoms with Gasteiger partial charge in [0, 0.05) is 11.8 Å². The van der Waals surface area contributed by atoms with E-state index in [0.29, 0.717) is 12.1 Å². The number of hydrogen-bond acceptors (Lipinski definition) is 2. The molecule has 0 N–H and O–H groups in total. The number of hydrogen-bond donors (Lipinski definition) is 0. The fourth-order valence-corrected chi connectivity index (χ4v) is 2.20. The minimum absolute atomic E-state index is 0.253. The predicted molar refractivity (Wildman–Crippen MR) is 74.7 cm³/mol. The van der Waals surface area contributed by atoms with E-state index in [1.165, 1.54) is 7.11 Å². The van der Waals surface area contributed by atoms with Crippen molar-refractivity contribution in [3.8, 4) is 5.75 Å². The zero-order chi connectivity index (χ0) is 12.4. The molecule has 17 heavy (non-hydrogen) atoms. The van der Waals surface area contributed by atoms with E-state index in [1.54, 1.807) is 22.9 Å². The number of methoxy groups -OCH3 is 1. The van der Waals surface area contributed by atoms with Crippen molar-refractivity contribution in [1.82, 2.24) is 9.78 Å². The number of halogens is 3. The Hall–Kier alpha value is -0.630. The third-order valence-corrected chi connectivity index (χ3v) is 4.39. The highest BCUT2D eigenvalue weighted by molar-refractivity contribution is 14.1. The summed E-state index contributed by atoms with van der Waals surface area (Å²) in [5, 5.41) is 4.25. The van der Waals surface area contributed by atoms with Gasteiger partial charge in [-0.1, -0.05) is 12.1 Å². The highest BCUT2D eigenvalue weighted by atomic mass is 127. The van der Waals surface area contributed by atoms with E-state index in [4.69, 9.17) is 4.74 Å². The van der Waals surface area contributed by atoms with E-state index in [9.17, 15) is 4.39 Å². The Morgan fingerprint density at radius 2 is 2.29 bits per heavy atom. The van der Waals surface area contributed by atoms with Crippen molar-refractivity contribution < 1.29 is 9.13 Å². The molecule has 0 aliphatic heterocycles. The molecule has 0 saturated carbocycles. The number of aromatic nitrogens is 2. The van der Waals surface area contributed by atoms with Gasteiger partial charge < -0.3 is 4.74 Å². The highest BCUT2D eigenvalue weighted by Gasteiger charge is 2.10. The zero-order valence-electron chi connectivity index (χ0n) is 8.95. The summed E-state index contributed by atoms with van der Waals surface area (Å²) in [5.74, 6) is -0.0833. The second kappa shape index (κ2) is 5.34. The van der Waals surface area contributed by atoms with Crippen molar-refractivity contribution >= 4 is 38.5 Å². The van der Waals surface area contributed by atoms with E-state index in [0.717, 1.165) is 8.17 Å². The summed E-state index contributed by atoms with van der Waals surface area (Å²) in [6.45, 7) is 0.380. The molecule has 6 heteroatoms. The second-order valence-electron chi connectivity index (χ2n) is 3.40. The first kappa shape index (κ1) is 12.8. The maximum absolute atomic E-state index is 13.9. The lowest BCUT2D eigenvalue weighted by Crippen LogP contribution is -2.03. The lowest BCUT2D eigenvalue weighted by molar-refractivity contribution is 0.383. The Morgan fingerprint density at radius 3 is 2.88 bits per heavy atom. The van der Waals surface area contributed by atoms with Crippen molar-refractivity contribution in [3.63, 3.8) is 0 Å². The largest absolute Gasteiger partial charge is 0.494 e. The maximum Gasteiger partial charge on any atom is 0.170 e. The average molecular weight is 411 g/mol. The zero-order valence-corrected chi connectivity index (χ0v) is 12.7. The van der Waals surface area contributed by atoms with Crippen LogP contribution in [0.25, 0.3) is 0 Å². The molecular weight excluding hydrogens is 402 g/mol. The first-order valence-electron chi connectivity index (χ1n) is 4.81. The third kappa shape index (κ3) is 2.79. The van der Waals surface area contributed by atoms with E-state index >= 15 is 0 Å². The van der Waals surface area contributed by atoms with Crippen LogP contribution in [-0.4, -0.2) is 16.9 Å². The fraction of sp³-hybridized carbons (Fsp3) is 0.182. The summed E-state index contributed by atoms with van der Waals surface area (Å²) < 4.78 is 22.3. The maximum atomic E-state index is 13.9. The van der Waals surface area contributed by atoms with Gasteiger partial charge >= 0.3 is 0 Å². The van der Waals surface area contributed by atoms with Crippen molar-refractivity contribution in [2.75, 3.05) is 7.11 Å². The Balaban J connectivity index is 2.30. The Labute approximate surface area is 120 Å². The minimum Gasteiger partial charge on any atom is -0.494 e. The smallest absolute Gasteiger partial charge is 0.170 e. The van der Waals surface area contributed by atoms with Crippen LogP contribution in [0.3, 0.4) is 0 Å². The molecule has 0 unspecified atom stereocenters. The van der Waals surface area contributed by atoms with Gasteiger partial charge in [0.25, 0.3) is 0 Å². The van der Waals surface area contributed by atoms with Gasteiger partial charge in [0.15, 0.2) is 11.6 Å². The summed E-state index contributed by atoms with van der Waals surface area (Å²) in [5.41, 5.74) is 0.552. The quantitative estimate of drug-likeness (QED) is 0.724. The molecule has 0 fully saturated rings. The molecule has 1 heterocycles. The van der Waals surface area contributed by atoms with Gasteiger partial charge in [-0.15, -0.1) is 0 Å². The lowest BCUT2D eigenvalue weighted by atomic mass is 10.2. The van der Waals surface area contributed by atoms with E-state index in [-0.39, 0.29) is 11.6 Å². The van der Waals surface area contributed by atoms with E-state index in [1.807, 2.05) is 6.20 Å². The molecule has 1 aromatic heterocycles. The van der Waals surface area contributed by atoms with Crippen LogP contribution in [0.5, 0.6) is 5.75 Å². The molecule has 1 aromatic carbocycles. The van der Waals surface area contributed by atoms with Crippen LogP contribution >= 0.6 is 38.5 Å². The normalized spacial score (nSPS) is 10.6. The van der Waals surface area contributed by atoms with Crippen LogP contribution in [0, 0.1) is 9.52 Å².